The van der Waals surface area contributed by atoms with Crippen LogP contribution in [0.4, 0.5) is 0 Å². The zero-order valence-corrected chi connectivity index (χ0v) is 27.1. The number of aromatic nitrogens is 6. The Balaban J connectivity index is 1.16. The third-order valence-electron chi connectivity index (χ3n) is 9.18. The molecule has 0 N–H and O–H groups in total. The Morgan fingerprint density at radius 2 is 0.824 bits per heavy atom. The Morgan fingerprint density at radius 1 is 0.314 bits per heavy atom. The molecule has 0 amide bonds. The first kappa shape index (κ1) is 28.9. The standard InChI is InChI=1S/C44H26N6O/c1-3-13-28(14-4-1)40-47-41(29-15-5-2-6-16-29)49-42(48-40)30-25-23-27(24-26-30)38-37-34-20-10-12-22-36(34)51-44(37)50-43(46-38)39-33-19-8-7-17-31(33)32-18-9-11-21-35(32)45-39/h1-26H. The van der Waals surface area contributed by atoms with E-state index in [1.165, 1.54) is 0 Å². The summed E-state index contributed by atoms with van der Waals surface area (Å²) >= 11 is 0. The van der Waals surface area contributed by atoms with Crippen LogP contribution in [0.5, 0.6) is 0 Å². The van der Waals surface area contributed by atoms with Gasteiger partial charge in [0.25, 0.3) is 0 Å². The third kappa shape index (κ3) is 4.99. The second-order valence-corrected chi connectivity index (χ2v) is 12.3. The Hall–Kier alpha value is -7.12. The van der Waals surface area contributed by atoms with Crippen LogP contribution in [0, 0.1) is 0 Å². The van der Waals surface area contributed by atoms with E-state index in [4.69, 9.17) is 34.3 Å². The molecular formula is C44H26N6O. The van der Waals surface area contributed by atoms with Gasteiger partial charge in [0.15, 0.2) is 23.3 Å². The summed E-state index contributed by atoms with van der Waals surface area (Å²) in [5.74, 6) is 2.32. The zero-order valence-electron chi connectivity index (χ0n) is 27.1. The predicted molar refractivity (Wildman–Crippen MR) is 203 cm³/mol. The number of fused-ring (bicyclic) bond motifs is 6. The van der Waals surface area contributed by atoms with Gasteiger partial charge < -0.3 is 4.42 Å². The van der Waals surface area contributed by atoms with Crippen LogP contribution in [-0.2, 0) is 0 Å². The molecule has 7 heteroatoms. The van der Waals surface area contributed by atoms with Crippen LogP contribution in [0.1, 0.15) is 0 Å². The number of para-hydroxylation sites is 2. The highest BCUT2D eigenvalue weighted by atomic mass is 16.3. The minimum atomic E-state index is 0.500. The molecule has 0 aliphatic heterocycles. The molecule has 6 aromatic carbocycles. The molecule has 0 unspecified atom stereocenters. The summed E-state index contributed by atoms with van der Waals surface area (Å²) in [4.78, 5) is 30.0. The van der Waals surface area contributed by atoms with E-state index < -0.39 is 0 Å². The van der Waals surface area contributed by atoms with Crippen molar-refractivity contribution in [3.05, 3.63) is 158 Å². The first-order valence-electron chi connectivity index (χ1n) is 16.7. The van der Waals surface area contributed by atoms with E-state index in [2.05, 4.69) is 30.3 Å². The summed E-state index contributed by atoms with van der Waals surface area (Å²) in [7, 11) is 0. The number of nitrogens with zero attached hydrogens (tertiary/aromatic N) is 6. The van der Waals surface area contributed by atoms with Gasteiger partial charge in [-0.05, 0) is 17.5 Å². The largest absolute Gasteiger partial charge is 0.438 e. The van der Waals surface area contributed by atoms with E-state index >= 15 is 0 Å². The molecule has 0 radical (unpaired) electrons. The number of hydrogen-bond acceptors (Lipinski definition) is 7. The summed E-state index contributed by atoms with van der Waals surface area (Å²) in [5, 5.41) is 4.96. The van der Waals surface area contributed by atoms with Crippen LogP contribution in [0.3, 0.4) is 0 Å². The Kier molecular flexibility index (Phi) is 6.67. The highest BCUT2D eigenvalue weighted by Gasteiger charge is 2.21. The summed E-state index contributed by atoms with van der Waals surface area (Å²) in [5.41, 5.74) is 7.22. The Bertz CT molecular complexity index is 2850. The molecule has 7 nitrogen and oxygen atoms in total. The predicted octanol–water partition coefficient (Wildman–Crippen LogP) is 10.6. The topological polar surface area (TPSA) is 90.5 Å². The summed E-state index contributed by atoms with van der Waals surface area (Å²) in [6, 6.07) is 52.6. The van der Waals surface area contributed by atoms with E-state index in [0.717, 1.165) is 66.0 Å². The van der Waals surface area contributed by atoms with Crippen molar-refractivity contribution < 1.29 is 4.42 Å². The highest BCUT2D eigenvalue weighted by molar-refractivity contribution is 6.13. The van der Waals surface area contributed by atoms with Crippen LogP contribution in [0.25, 0.3) is 101 Å². The fourth-order valence-electron chi connectivity index (χ4n) is 6.73. The van der Waals surface area contributed by atoms with Crippen LogP contribution >= 0.6 is 0 Å². The second-order valence-electron chi connectivity index (χ2n) is 12.3. The molecule has 10 aromatic rings. The van der Waals surface area contributed by atoms with E-state index in [0.29, 0.717) is 34.7 Å². The van der Waals surface area contributed by atoms with Gasteiger partial charge in [0.2, 0.25) is 5.71 Å². The number of hydrogen-bond donors (Lipinski definition) is 0. The Labute approximate surface area is 292 Å². The zero-order chi connectivity index (χ0) is 33.7. The van der Waals surface area contributed by atoms with Gasteiger partial charge >= 0.3 is 0 Å². The van der Waals surface area contributed by atoms with Crippen LogP contribution in [0.15, 0.2) is 162 Å². The van der Waals surface area contributed by atoms with Gasteiger partial charge in [-0.25, -0.2) is 24.9 Å². The van der Waals surface area contributed by atoms with Crippen molar-refractivity contribution in [1.29, 1.82) is 0 Å². The molecule has 0 spiro atoms. The number of pyridine rings is 1. The van der Waals surface area contributed by atoms with Gasteiger partial charge in [0, 0.05) is 38.4 Å². The van der Waals surface area contributed by atoms with Crippen molar-refractivity contribution in [3.63, 3.8) is 0 Å². The van der Waals surface area contributed by atoms with E-state index in [-0.39, 0.29) is 0 Å². The summed E-state index contributed by atoms with van der Waals surface area (Å²) in [6.45, 7) is 0. The maximum Gasteiger partial charge on any atom is 0.231 e. The van der Waals surface area contributed by atoms with Crippen molar-refractivity contribution in [2.45, 2.75) is 0 Å². The van der Waals surface area contributed by atoms with Crippen molar-refractivity contribution in [2.75, 3.05) is 0 Å². The maximum atomic E-state index is 6.37. The molecule has 0 fully saturated rings. The molecule has 10 rings (SSSR count). The van der Waals surface area contributed by atoms with Crippen LogP contribution < -0.4 is 0 Å². The third-order valence-corrected chi connectivity index (χ3v) is 9.18. The quantitative estimate of drug-likeness (QED) is 0.171. The monoisotopic (exact) mass is 654 g/mol. The first-order chi connectivity index (χ1) is 25.3. The minimum absolute atomic E-state index is 0.500. The normalized spacial score (nSPS) is 11.5. The van der Waals surface area contributed by atoms with Gasteiger partial charge in [0.05, 0.1) is 16.6 Å². The summed E-state index contributed by atoms with van der Waals surface area (Å²) in [6.07, 6.45) is 0. The fraction of sp³-hybridized carbons (Fsp3) is 0. The second kappa shape index (κ2) is 11.8. The van der Waals surface area contributed by atoms with Gasteiger partial charge in [0.1, 0.15) is 11.3 Å². The minimum Gasteiger partial charge on any atom is -0.438 e. The van der Waals surface area contributed by atoms with E-state index in [1.54, 1.807) is 0 Å². The van der Waals surface area contributed by atoms with Gasteiger partial charge in [-0.15, -0.1) is 0 Å². The van der Waals surface area contributed by atoms with Crippen LogP contribution in [-0.4, -0.2) is 29.9 Å². The summed E-state index contributed by atoms with van der Waals surface area (Å²) < 4.78 is 6.37. The molecule has 0 saturated heterocycles. The maximum absolute atomic E-state index is 6.37. The molecular weight excluding hydrogens is 629 g/mol. The molecule has 4 heterocycles. The van der Waals surface area contributed by atoms with E-state index in [1.807, 2.05) is 127 Å². The molecule has 0 saturated carbocycles. The van der Waals surface area contributed by atoms with Crippen molar-refractivity contribution in [1.82, 2.24) is 29.9 Å². The average molecular weight is 655 g/mol. The van der Waals surface area contributed by atoms with Gasteiger partial charge in [-0.2, -0.15) is 4.98 Å². The SMILES string of the molecule is c1ccc(-c2nc(-c3ccccc3)nc(-c3ccc(-c4nc(-c5nc6ccccc6c6ccccc56)nc5oc6ccccc6c45)cc3)n2)cc1. The van der Waals surface area contributed by atoms with Gasteiger partial charge in [-0.1, -0.05) is 146 Å². The lowest BCUT2D eigenvalue weighted by Crippen LogP contribution is -2.00. The van der Waals surface area contributed by atoms with Crippen LogP contribution in [0.2, 0.25) is 0 Å². The smallest absolute Gasteiger partial charge is 0.231 e. The number of rotatable bonds is 5. The fourth-order valence-corrected chi connectivity index (χ4v) is 6.73. The van der Waals surface area contributed by atoms with Crippen molar-refractivity contribution in [3.8, 4) is 56.9 Å². The molecule has 0 aliphatic rings. The van der Waals surface area contributed by atoms with E-state index in [9.17, 15) is 0 Å². The molecule has 51 heavy (non-hydrogen) atoms. The molecule has 0 aliphatic carbocycles. The highest BCUT2D eigenvalue weighted by Crippen LogP contribution is 2.38. The molecule has 238 valence electrons. The Morgan fingerprint density at radius 3 is 1.49 bits per heavy atom. The number of benzene rings is 6. The average Bonchev–Trinajstić information content (AvgIpc) is 3.59. The molecule has 0 bridgehead atoms. The lowest BCUT2D eigenvalue weighted by Gasteiger charge is -2.11. The van der Waals surface area contributed by atoms with Crippen molar-refractivity contribution >= 4 is 43.7 Å². The lowest BCUT2D eigenvalue weighted by atomic mass is 10.0. The lowest BCUT2D eigenvalue weighted by molar-refractivity contribution is 0.653. The number of furan rings is 1. The van der Waals surface area contributed by atoms with Gasteiger partial charge in [-0.3, -0.25) is 0 Å². The molecule has 4 aromatic heterocycles. The van der Waals surface area contributed by atoms with Crippen molar-refractivity contribution in [2.24, 2.45) is 0 Å². The molecule has 0 atom stereocenters. The first-order valence-corrected chi connectivity index (χ1v) is 16.7.